The molecular formula is C18H17N3O. The van der Waals surface area contributed by atoms with Crippen LogP contribution in [0.5, 0.6) is 0 Å². The summed E-state index contributed by atoms with van der Waals surface area (Å²) in [6.45, 7) is 5.70. The van der Waals surface area contributed by atoms with E-state index in [1.165, 1.54) is 0 Å². The number of aryl methyl sites for hydroxylation is 2. The van der Waals surface area contributed by atoms with Gasteiger partial charge in [-0.1, -0.05) is 29.8 Å². The predicted octanol–water partition coefficient (Wildman–Crippen LogP) is 3.33. The summed E-state index contributed by atoms with van der Waals surface area (Å²) in [5.74, 6) is -0.231. The smallest absolute Gasteiger partial charge is 0.267 e. The van der Waals surface area contributed by atoms with Crippen molar-refractivity contribution >= 4 is 11.6 Å². The second-order valence-electron chi connectivity index (χ2n) is 5.15. The Morgan fingerprint density at radius 3 is 2.41 bits per heavy atom. The molecule has 0 atom stereocenters. The van der Waals surface area contributed by atoms with Crippen LogP contribution in [0.4, 0.5) is 0 Å². The maximum Gasteiger partial charge on any atom is 0.271 e. The zero-order chi connectivity index (χ0) is 16.1. The number of nitrogens with one attached hydrogen (secondary N) is 1. The summed E-state index contributed by atoms with van der Waals surface area (Å²) in [5, 5.41) is 12.9. The van der Waals surface area contributed by atoms with Gasteiger partial charge in [-0.3, -0.25) is 4.79 Å². The lowest BCUT2D eigenvalue weighted by atomic mass is 10.1. The number of amides is 1. The topological polar surface area (TPSA) is 65.2 Å². The highest BCUT2D eigenvalue weighted by molar-refractivity contribution is 6.01. The number of nitriles is 1. The normalized spacial score (nSPS) is 10.9. The summed E-state index contributed by atoms with van der Waals surface area (Å²) in [5.41, 5.74) is 7.36. The number of hydrazone groups is 1. The van der Waals surface area contributed by atoms with E-state index >= 15 is 0 Å². The molecule has 0 aliphatic carbocycles. The molecule has 0 saturated carbocycles. The van der Waals surface area contributed by atoms with Crippen molar-refractivity contribution in [2.45, 2.75) is 20.8 Å². The Balaban J connectivity index is 2.12. The third-order valence-corrected chi connectivity index (χ3v) is 3.38. The van der Waals surface area contributed by atoms with Gasteiger partial charge in [0, 0.05) is 5.56 Å². The van der Waals surface area contributed by atoms with Crippen LogP contribution in [-0.4, -0.2) is 11.6 Å². The minimum absolute atomic E-state index is 0.231. The highest BCUT2D eigenvalue weighted by Crippen LogP contribution is 2.10. The van der Waals surface area contributed by atoms with Crippen LogP contribution >= 0.6 is 0 Å². The molecule has 0 spiro atoms. The molecule has 0 heterocycles. The number of nitrogens with zero attached hydrogens (tertiary/aromatic N) is 2. The summed E-state index contributed by atoms with van der Waals surface area (Å²) in [6.07, 6.45) is 0. The van der Waals surface area contributed by atoms with Gasteiger partial charge >= 0.3 is 0 Å². The van der Waals surface area contributed by atoms with E-state index in [-0.39, 0.29) is 5.91 Å². The summed E-state index contributed by atoms with van der Waals surface area (Å²) in [6, 6.07) is 14.8. The maximum absolute atomic E-state index is 12.2. The molecule has 0 unspecified atom stereocenters. The van der Waals surface area contributed by atoms with Gasteiger partial charge in [-0.05, 0) is 50.1 Å². The monoisotopic (exact) mass is 291 g/mol. The summed E-state index contributed by atoms with van der Waals surface area (Å²) >= 11 is 0. The highest BCUT2D eigenvalue weighted by Gasteiger charge is 2.08. The molecule has 110 valence electrons. The van der Waals surface area contributed by atoms with E-state index in [2.05, 4.69) is 16.6 Å². The fourth-order valence-electron chi connectivity index (χ4n) is 2.11. The maximum atomic E-state index is 12.2. The van der Waals surface area contributed by atoms with E-state index in [1.807, 2.05) is 32.9 Å². The van der Waals surface area contributed by atoms with Crippen molar-refractivity contribution in [2.75, 3.05) is 0 Å². The molecule has 22 heavy (non-hydrogen) atoms. The van der Waals surface area contributed by atoms with Crippen LogP contribution in [-0.2, 0) is 0 Å². The Bertz CT molecular complexity index is 768. The Labute approximate surface area is 130 Å². The minimum atomic E-state index is -0.231. The first kappa shape index (κ1) is 15.5. The largest absolute Gasteiger partial charge is 0.271 e. The zero-order valence-corrected chi connectivity index (χ0v) is 12.8. The van der Waals surface area contributed by atoms with Crippen LogP contribution in [0.15, 0.2) is 47.6 Å². The van der Waals surface area contributed by atoms with Gasteiger partial charge in [0.15, 0.2) is 0 Å². The number of rotatable bonds is 3. The van der Waals surface area contributed by atoms with Crippen LogP contribution in [0.3, 0.4) is 0 Å². The molecular weight excluding hydrogens is 274 g/mol. The standard InChI is InChI=1S/C18H17N3O/c1-12-4-9-17(13(2)10-12)18(22)21-20-14(3)16-7-5-15(11-19)6-8-16/h4-10H,1-3H3,(H,21,22). The molecule has 0 bridgehead atoms. The number of hydrogen-bond donors (Lipinski definition) is 1. The first-order valence-electron chi connectivity index (χ1n) is 6.93. The molecule has 0 fully saturated rings. The van der Waals surface area contributed by atoms with E-state index in [4.69, 9.17) is 5.26 Å². The van der Waals surface area contributed by atoms with Crippen molar-refractivity contribution < 1.29 is 4.79 Å². The van der Waals surface area contributed by atoms with E-state index in [1.54, 1.807) is 30.3 Å². The van der Waals surface area contributed by atoms with Gasteiger partial charge in [-0.15, -0.1) is 0 Å². The Kier molecular flexibility index (Phi) is 4.70. The van der Waals surface area contributed by atoms with Crippen LogP contribution in [0.25, 0.3) is 0 Å². The van der Waals surface area contributed by atoms with E-state index in [0.29, 0.717) is 16.8 Å². The molecule has 0 aliphatic rings. The molecule has 4 heteroatoms. The first-order valence-corrected chi connectivity index (χ1v) is 6.93. The third kappa shape index (κ3) is 3.58. The van der Waals surface area contributed by atoms with Gasteiger partial charge in [0.25, 0.3) is 5.91 Å². The lowest BCUT2D eigenvalue weighted by Crippen LogP contribution is -2.20. The van der Waals surface area contributed by atoms with E-state index in [9.17, 15) is 4.79 Å². The quantitative estimate of drug-likeness (QED) is 0.696. The van der Waals surface area contributed by atoms with Crippen molar-refractivity contribution in [1.29, 1.82) is 5.26 Å². The Morgan fingerprint density at radius 2 is 1.82 bits per heavy atom. The van der Waals surface area contributed by atoms with Crippen molar-refractivity contribution in [3.63, 3.8) is 0 Å². The zero-order valence-electron chi connectivity index (χ0n) is 12.8. The fraction of sp³-hybridized carbons (Fsp3) is 0.167. The molecule has 1 N–H and O–H groups in total. The van der Waals surface area contributed by atoms with Crippen molar-refractivity contribution in [3.05, 3.63) is 70.3 Å². The number of carbonyl (C=O) groups excluding carboxylic acids is 1. The first-order chi connectivity index (χ1) is 10.5. The summed E-state index contributed by atoms with van der Waals surface area (Å²) in [4.78, 5) is 12.2. The van der Waals surface area contributed by atoms with Crippen LogP contribution < -0.4 is 5.43 Å². The lowest BCUT2D eigenvalue weighted by molar-refractivity contribution is 0.0954. The van der Waals surface area contributed by atoms with Crippen molar-refractivity contribution in [1.82, 2.24) is 5.43 Å². The molecule has 0 radical (unpaired) electrons. The van der Waals surface area contributed by atoms with Gasteiger partial charge < -0.3 is 0 Å². The summed E-state index contributed by atoms with van der Waals surface area (Å²) < 4.78 is 0. The van der Waals surface area contributed by atoms with E-state index < -0.39 is 0 Å². The molecule has 2 aromatic carbocycles. The van der Waals surface area contributed by atoms with Gasteiger partial charge in [-0.25, -0.2) is 5.43 Å². The van der Waals surface area contributed by atoms with Crippen molar-refractivity contribution in [3.8, 4) is 6.07 Å². The third-order valence-electron chi connectivity index (χ3n) is 3.38. The average molecular weight is 291 g/mol. The molecule has 0 aliphatic heterocycles. The van der Waals surface area contributed by atoms with Gasteiger partial charge in [-0.2, -0.15) is 10.4 Å². The molecule has 1 amide bonds. The average Bonchev–Trinajstić information content (AvgIpc) is 2.52. The second kappa shape index (κ2) is 6.68. The SMILES string of the molecule is CC(=NNC(=O)c1ccc(C)cc1C)c1ccc(C#N)cc1. The molecule has 0 saturated heterocycles. The number of hydrogen-bond acceptors (Lipinski definition) is 3. The minimum Gasteiger partial charge on any atom is -0.267 e. The fourth-order valence-corrected chi connectivity index (χ4v) is 2.11. The van der Waals surface area contributed by atoms with Crippen LogP contribution in [0.2, 0.25) is 0 Å². The predicted molar refractivity (Wildman–Crippen MR) is 86.8 cm³/mol. The molecule has 2 rings (SSSR count). The molecule has 4 nitrogen and oxygen atoms in total. The Hall–Kier alpha value is -2.93. The van der Waals surface area contributed by atoms with E-state index in [0.717, 1.165) is 16.7 Å². The highest BCUT2D eigenvalue weighted by atomic mass is 16.2. The second-order valence-corrected chi connectivity index (χ2v) is 5.15. The summed E-state index contributed by atoms with van der Waals surface area (Å²) in [7, 11) is 0. The van der Waals surface area contributed by atoms with Crippen LogP contribution in [0.1, 0.15) is 39.5 Å². The molecule has 0 aromatic heterocycles. The molecule has 2 aromatic rings. The Morgan fingerprint density at radius 1 is 1.14 bits per heavy atom. The van der Waals surface area contributed by atoms with Gasteiger partial charge in [0.05, 0.1) is 17.3 Å². The lowest BCUT2D eigenvalue weighted by Gasteiger charge is -2.06. The van der Waals surface area contributed by atoms with Gasteiger partial charge in [0.2, 0.25) is 0 Å². The number of carbonyl (C=O) groups is 1. The van der Waals surface area contributed by atoms with Crippen molar-refractivity contribution in [2.24, 2.45) is 5.10 Å². The van der Waals surface area contributed by atoms with Gasteiger partial charge in [0.1, 0.15) is 0 Å². The van der Waals surface area contributed by atoms with Crippen LogP contribution in [0, 0.1) is 25.2 Å². The number of benzene rings is 2.